The fourth-order valence-corrected chi connectivity index (χ4v) is 4.73. The third kappa shape index (κ3) is 10.8. The highest BCUT2D eigenvalue weighted by Gasteiger charge is 2.33. The number of nitrogens with two attached hydrogens (primary N) is 1. The summed E-state index contributed by atoms with van der Waals surface area (Å²) in [4.78, 5) is 50.7. The number of rotatable bonds is 15. The molecule has 0 aliphatic carbocycles. The van der Waals surface area contributed by atoms with Crippen LogP contribution in [0.3, 0.4) is 0 Å². The zero-order chi connectivity index (χ0) is 31.4. The molecule has 1 aromatic carbocycles. The Kier molecular flexibility index (Phi) is 14.0. The van der Waals surface area contributed by atoms with Gasteiger partial charge in [0, 0.05) is 13.7 Å². The first-order valence-electron chi connectivity index (χ1n) is 14.7. The normalized spacial score (nSPS) is 18.4. The molecule has 2 rings (SSSR count). The molecule has 0 spiro atoms. The quantitative estimate of drug-likeness (QED) is 0.229. The first kappa shape index (κ1) is 34.8. The zero-order valence-corrected chi connectivity index (χ0v) is 26.0. The average Bonchev–Trinajstić information content (AvgIpc) is 2.94. The molecule has 1 heterocycles. The van der Waals surface area contributed by atoms with E-state index in [0.29, 0.717) is 31.9 Å². The minimum absolute atomic E-state index is 0.243. The predicted molar refractivity (Wildman–Crippen MR) is 161 cm³/mol. The number of nitrogens with one attached hydrogen (secondary N) is 3. The van der Waals surface area contributed by atoms with Gasteiger partial charge >= 0.3 is 0 Å². The Hall–Kier alpha value is -3.44. The van der Waals surface area contributed by atoms with Crippen LogP contribution in [0.25, 0.3) is 0 Å². The predicted octanol–water partition coefficient (Wildman–Crippen LogP) is 2.10. The summed E-state index contributed by atoms with van der Waals surface area (Å²) in [6.45, 7) is 12.0. The Morgan fingerprint density at radius 3 is 2.43 bits per heavy atom. The van der Waals surface area contributed by atoms with Crippen molar-refractivity contribution in [2.24, 2.45) is 23.5 Å². The molecule has 5 N–H and O–H groups in total. The van der Waals surface area contributed by atoms with Crippen LogP contribution in [0.1, 0.15) is 59.9 Å². The Bertz CT molecular complexity index is 1090. The van der Waals surface area contributed by atoms with E-state index in [1.54, 1.807) is 19.9 Å². The Labute approximate surface area is 249 Å². The van der Waals surface area contributed by atoms with E-state index < -0.39 is 47.9 Å². The van der Waals surface area contributed by atoms with Gasteiger partial charge in [-0.3, -0.25) is 24.2 Å². The summed E-state index contributed by atoms with van der Waals surface area (Å²) >= 11 is 0. The third-order valence-corrected chi connectivity index (χ3v) is 7.16. The second-order valence-corrected chi connectivity index (χ2v) is 11.7. The van der Waals surface area contributed by atoms with Crippen LogP contribution in [0.2, 0.25) is 0 Å². The average molecular weight is 588 g/mol. The highest BCUT2D eigenvalue weighted by molar-refractivity contribution is 5.92. The molecule has 4 amide bonds. The van der Waals surface area contributed by atoms with Crippen LogP contribution in [0.15, 0.2) is 36.4 Å². The topological polar surface area (TPSA) is 152 Å². The van der Waals surface area contributed by atoms with Gasteiger partial charge in [-0.05, 0) is 61.8 Å². The third-order valence-electron chi connectivity index (χ3n) is 7.16. The molecule has 5 unspecified atom stereocenters. The lowest BCUT2D eigenvalue weighted by Crippen LogP contribution is -2.61. The summed E-state index contributed by atoms with van der Waals surface area (Å²) in [6.07, 6.45) is 5.17. The maximum atomic E-state index is 13.1. The molecule has 0 saturated carbocycles. The molecule has 5 atom stereocenters. The van der Waals surface area contributed by atoms with E-state index in [1.165, 1.54) is 17.7 Å². The van der Waals surface area contributed by atoms with E-state index in [2.05, 4.69) is 36.0 Å². The molecule has 11 nitrogen and oxygen atoms in total. The van der Waals surface area contributed by atoms with Crippen molar-refractivity contribution in [2.75, 3.05) is 20.3 Å². The van der Waals surface area contributed by atoms with Crippen molar-refractivity contribution in [1.82, 2.24) is 21.1 Å². The van der Waals surface area contributed by atoms with Crippen LogP contribution >= 0.6 is 0 Å². The van der Waals surface area contributed by atoms with E-state index in [9.17, 15) is 19.2 Å². The maximum absolute atomic E-state index is 13.1. The minimum Gasteiger partial charge on any atom is -0.490 e. The molecule has 1 aliphatic rings. The molecule has 11 heteroatoms. The lowest BCUT2D eigenvalue weighted by Gasteiger charge is -2.34. The van der Waals surface area contributed by atoms with E-state index in [4.69, 9.17) is 15.2 Å². The molecule has 0 aromatic heterocycles. The molecule has 1 aromatic rings. The maximum Gasteiger partial charge on any atom is 0.258 e. The van der Waals surface area contributed by atoms with Crippen LogP contribution in [-0.2, 0) is 30.3 Å². The number of ether oxygens (including phenoxy) is 2. The molecular formula is C31H49N5O6. The molecule has 1 fully saturated rings. The van der Waals surface area contributed by atoms with Crippen LogP contribution in [-0.4, -0.2) is 73.1 Å². The van der Waals surface area contributed by atoms with Gasteiger partial charge in [-0.1, -0.05) is 52.8 Å². The Morgan fingerprint density at radius 1 is 1.10 bits per heavy atom. The number of methoxy groups -OCH3 is 1. The number of primary amides is 1. The van der Waals surface area contributed by atoms with Crippen LogP contribution in [0.5, 0.6) is 5.75 Å². The second-order valence-electron chi connectivity index (χ2n) is 11.7. The standard InChI is InChI=1S/C31H49N5O6/c1-19(2)17-23-11-8-12-24(18-23)42-16-10-14-26(41-7)21(5)29(38)34-27(20(3)4)30(39)33-22(6)31(40)36-15-9-13-25(35-36)28(32)37/h8,10-12,14,18-22,25-27,35H,9,13,15-17H2,1-7H3,(H2,32,37)(H,33,39)(H,34,38)/b14-10+. The Morgan fingerprint density at radius 2 is 1.81 bits per heavy atom. The van der Waals surface area contributed by atoms with E-state index in [0.717, 1.165) is 12.2 Å². The van der Waals surface area contributed by atoms with Crippen molar-refractivity contribution in [3.05, 3.63) is 42.0 Å². The summed E-state index contributed by atoms with van der Waals surface area (Å²) < 4.78 is 11.4. The molecule has 1 aliphatic heterocycles. The van der Waals surface area contributed by atoms with Gasteiger partial charge in [-0.25, -0.2) is 5.43 Å². The highest BCUT2D eigenvalue weighted by atomic mass is 16.5. The second kappa shape index (κ2) is 16.9. The number of amides is 4. The fourth-order valence-electron chi connectivity index (χ4n) is 4.73. The van der Waals surface area contributed by atoms with Gasteiger partial charge < -0.3 is 25.8 Å². The number of hydrazine groups is 1. The fraction of sp³-hybridized carbons (Fsp3) is 0.613. The summed E-state index contributed by atoms with van der Waals surface area (Å²) in [6, 6.07) is 5.62. The van der Waals surface area contributed by atoms with Gasteiger partial charge in [0.1, 0.15) is 30.5 Å². The minimum atomic E-state index is -0.882. The van der Waals surface area contributed by atoms with Crippen molar-refractivity contribution in [1.29, 1.82) is 0 Å². The van der Waals surface area contributed by atoms with Crippen molar-refractivity contribution in [3.63, 3.8) is 0 Å². The van der Waals surface area contributed by atoms with Crippen LogP contribution < -0.4 is 26.5 Å². The summed E-state index contributed by atoms with van der Waals surface area (Å²) in [5.74, 6) is -1.28. The number of carbonyl (C=O) groups is 4. The van der Waals surface area contributed by atoms with Gasteiger partial charge in [0.25, 0.3) is 5.91 Å². The first-order valence-corrected chi connectivity index (χ1v) is 14.7. The zero-order valence-electron chi connectivity index (χ0n) is 26.0. The van der Waals surface area contributed by atoms with E-state index >= 15 is 0 Å². The first-order chi connectivity index (χ1) is 19.8. The number of benzene rings is 1. The van der Waals surface area contributed by atoms with Gasteiger partial charge in [0.15, 0.2) is 0 Å². The number of carbonyl (C=O) groups excluding carboxylic acids is 4. The van der Waals surface area contributed by atoms with Crippen molar-refractivity contribution < 1.29 is 28.7 Å². The molecule has 1 saturated heterocycles. The van der Waals surface area contributed by atoms with Gasteiger partial charge in [0.05, 0.1) is 12.0 Å². The van der Waals surface area contributed by atoms with Crippen molar-refractivity contribution >= 4 is 23.6 Å². The van der Waals surface area contributed by atoms with Gasteiger partial charge in [0.2, 0.25) is 17.7 Å². The molecular weight excluding hydrogens is 538 g/mol. The lowest BCUT2D eigenvalue weighted by molar-refractivity contribution is -0.143. The number of hydrogen-bond donors (Lipinski definition) is 4. The lowest BCUT2D eigenvalue weighted by atomic mass is 9.99. The van der Waals surface area contributed by atoms with Gasteiger partial charge in [-0.15, -0.1) is 0 Å². The smallest absolute Gasteiger partial charge is 0.258 e. The molecule has 0 radical (unpaired) electrons. The molecule has 0 bridgehead atoms. The van der Waals surface area contributed by atoms with E-state index in [-0.39, 0.29) is 11.8 Å². The summed E-state index contributed by atoms with van der Waals surface area (Å²) in [5, 5.41) is 6.83. The Balaban J connectivity index is 1.93. The van der Waals surface area contributed by atoms with Crippen LogP contribution in [0, 0.1) is 17.8 Å². The summed E-state index contributed by atoms with van der Waals surface area (Å²) in [5.41, 5.74) is 9.41. The van der Waals surface area contributed by atoms with Gasteiger partial charge in [-0.2, -0.15) is 0 Å². The SMILES string of the molecule is COC(/C=C/COc1cccc(CC(C)C)c1)C(C)C(=O)NC(C(=O)NC(C)C(=O)N1CCCC(C(N)=O)N1)C(C)C. The van der Waals surface area contributed by atoms with Crippen molar-refractivity contribution in [3.8, 4) is 5.75 Å². The van der Waals surface area contributed by atoms with E-state index in [1.807, 2.05) is 38.1 Å². The van der Waals surface area contributed by atoms with Crippen molar-refractivity contribution in [2.45, 2.75) is 85.0 Å². The highest BCUT2D eigenvalue weighted by Crippen LogP contribution is 2.17. The monoisotopic (exact) mass is 587 g/mol. The van der Waals surface area contributed by atoms with Crippen LogP contribution in [0.4, 0.5) is 0 Å². The number of nitrogens with zero attached hydrogens (tertiary/aromatic N) is 1. The molecule has 234 valence electrons. The summed E-state index contributed by atoms with van der Waals surface area (Å²) in [7, 11) is 1.52. The number of hydrogen-bond acceptors (Lipinski definition) is 7. The molecule has 42 heavy (non-hydrogen) atoms. The largest absolute Gasteiger partial charge is 0.490 e.